The molecule has 0 heterocycles. The average molecular weight is 285 g/mol. The van der Waals surface area contributed by atoms with Crippen LogP contribution in [0.4, 0.5) is 0 Å². The molecular formula is C6H20O5Si4. The van der Waals surface area contributed by atoms with Crippen molar-refractivity contribution >= 4 is 35.7 Å². The summed E-state index contributed by atoms with van der Waals surface area (Å²) >= 11 is 0. The van der Waals surface area contributed by atoms with Crippen LogP contribution in [0.5, 0.6) is 0 Å². The Morgan fingerprint density at radius 1 is 0.800 bits per heavy atom. The van der Waals surface area contributed by atoms with Crippen molar-refractivity contribution in [3.8, 4) is 0 Å². The largest absolute Gasteiger partial charge is 0.416 e. The van der Waals surface area contributed by atoms with E-state index in [4.69, 9.17) is 12.3 Å². The first-order valence-electron chi connectivity index (χ1n) is 4.67. The molecule has 5 nitrogen and oxygen atoms in total. The van der Waals surface area contributed by atoms with E-state index in [1.54, 1.807) is 13.1 Å². The molecule has 0 amide bonds. The summed E-state index contributed by atoms with van der Waals surface area (Å²) in [6.45, 7) is 10.8. The standard InChI is InChI=1S/C6H20O5Si4/c1-12(7)9-14(3,4)11-15(5,6)10-13(2)8/h7-8H,1-6H3. The Morgan fingerprint density at radius 2 is 1.07 bits per heavy atom. The summed E-state index contributed by atoms with van der Waals surface area (Å²) in [5, 5.41) is 0. The Bertz CT molecular complexity index is 176. The van der Waals surface area contributed by atoms with Crippen molar-refractivity contribution in [2.45, 2.75) is 39.3 Å². The van der Waals surface area contributed by atoms with Gasteiger partial charge in [-0.3, -0.25) is 0 Å². The predicted molar refractivity (Wildman–Crippen MR) is 65.9 cm³/mol. The summed E-state index contributed by atoms with van der Waals surface area (Å²) in [7, 11) is -8.15. The van der Waals surface area contributed by atoms with Gasteiger partial charge in [0.2, 0.25) is 0 Å². The van der Waals surface area contributed by atoms with Crippen LogP contribution in [0.1, 0.15) is 0 Å². The van der Waals surface area contributed by atoms with E-state index >= 15 is 0 Å². The lowest BCUT2D eigenvalue weighted by Gasteiger charge is -2.33. The lowest BCUT2D eigenvalue weighted by atomic mass is 11.9. The highest BCUT2D eigenvalue weighted by Gasteiger charge is 2.38. The van der Waals surface area contributed by atoms with Crippen LogP contribution in [0.15, 0.2) is 0 Å². The first-order valence-corrected chi connectivity index (χ1v) is 14.0. The maximum atomic E-state index is 9.23. The van der Waals surface area contributed by atoms with Crippen molar-refractivity contribution in [1.82, 2.24) is 0 Å². The zero-order valence-electron chi connectivity index (χ0n) is 10.1. The third-order valence-electron chi connectivity index (χ3n) is 1.28. The Kier molecular flexibility index (Phi) is 6.10. The van der Waals surface area contributed by atoms with Crippen LogP contribution in [-0.4, -0.2) is 45.3 Å². The van der Waals surface area contributed by atoms with E-state index in [1.165, 1.54) is 0 Å². The van der Waals surface area contributed by atoms with Crippen molar-refractivity contribution < 1.29 is 21.9 Å². The highest BCUT2D eigenvalue weighted by Crippen LogP contribution is 2.17. The molecule has 0 aliphatic carbocycles. The van der Waals surface area contributed by atoms with Gasteiger partial charge >= 0.3 is 35.7 Å². The fourth-order valence-electron chi connectivity index (χ4n) is 1.35. The smallest absolute Gasteiger partial charge is 0.368 e. The predicted octanol–water partition coefficient (Wildman–Crippen LogP) is 0.660. The molecule has 0 aromatic rings. The molecule has 0 atom stereocenters. The quantitative estimate of drug-likeness (QED) is 0.701. The maximum Gasteiger partial charge on any atom is 0.368 e. The van der Waals surface area contributed by atoms with E-state index in [2.05, 4.69) is 0 Å². The second kappa shape index (κ2) is 5.84. The molecule has 0 saturated carbocycles. The molecule has 0 saturated heterocycles. The fourth-order valence-corrected chi connectivity index (χ4v) is 12.9. The molecule has 0 aromatic carbocycles. The first kappa shape index (κ1) is 15.7. The van der Waals surface area contributed by atoms with Gasteiger partial charge < -0.3 is 21.9 Å². The average Bonchev–Trinajstić information content (AvgIpc) is 1.73. The SMILES string of the molecule is C[Si](O)O[Si](C)(C)O[Si](C)(C)O[Si](C)O. The molecule has 0 aromatic heterocycles. The van der Waals surface area contributed by atoms with E-state index in [0.29, 0.717) is 0 Å². The second-order valence-electron chi connectivity index (χ2n) is 4.14. The molecule has 0 unspecified atom stereocenters. The third-order valence-corrected chi connectivity index (χ3v) is 11.5. The molecule has 0 spiro atoms. The van der Waals surface area contributed by atoms with Gasteiger partial charge in [-0.2, -0.15) is 0 Å². The van der Waals surface area contributed by atoms with Crippen LogP contribution in [0.2, 0.25) is 39.3 Å². The van der Waals surface area contributed by atoms with E-state index in [-0.39, 0.29) is 0 Å². The number of hydrogen-bond acceptors (Lipinski definition) is 5. The molecule has 0 bridgehead atoms. The van der Waals surface area contributed by atoms with E-state index in [0.717, 1.165) is 0 Å². The van der Waals surface area contributed by atoms with Crippen LogP contribution in [0, 0.1) is 0 Å². The molecule has 2 radical (unpaired) electrons. The highest BCUT2D eigenvalue weighted by molar-refractivity contribution is 6.83. The molecule has 90 valence electrons. The Morgan fingerprint density at radius 3 is 1.27 bits per heavy atom. The lowest BCUT2D eigenvalue weighted by molar-refractivity contribution is 0.296. The molecule has 0 fully saturated rings. The van der Waals surface area contributed by atoms with Crippen LogP contribution in [-0.2, 0) is 12.3 Å². The van der Waals surface area contributed by atoms with Gasteiger partial charge in [0.05, 0.1) is 0 Å². The monoisotopic (exact) mass is 284 g/mol. The van der Waals surface area contributed by atoms with Gasteiger partial charge in [0.25, 0.3) is 0 Å². The summed E-state index contributed by atoms with van der Waals surface area (Å²) < 4.78 is 16.6. The van der Waals surface area contributed by atoms with Crippen molar-refractivity contribution in [2.24, 2.45) is 0 Å². The van der Waals surface area contributed by atoms with Crippen molar-refractivity contribution in [2.75, 3.05) is 0 Å². The van der Waals surface area contributed by atoms with E-state index in [9.17, 15) is 9.59 Å². The topological polar surface area (TPSA) is 68.2 Å². The molecule has 0 aliphatic heterocycles. The van der Waals surface area contributed by atoms with Crippen molar-refractivity contribution in [1.29, 1.82) is 0 Å². The minimum Gasteiger partial charge on any atom is -0.416 e. The number of rotatable bonds is 6. The van der Waals surface area contributed by atoms with Gasteiger partial charge in [0, 0.05) is 0 Å². The van der Waals surface area contributed by atoms with Gasteiger partial charge in [0.15, 0.2) is 0 Å². The van der Waals surface area contributed by atoms with Crippen molar-refractivity contribution in [3.05, 3.63) is 0 Å². The van der Waals surface area contributed by atoms with Crippen molar-refractivity contribution in [3.63, 3.8) is 0 Å². The van der Waals surface area contributed by atoms with Crippen LogP contribution in [0.25, 0.3) is 0 Å². The normalized spacial score (nSPS) is 14.0. The maximum absolute atomic E-state index is 9.23. The molecule has 2 N–H and O–H groups in total. The van der Waals surface area contributed by atoms with Crippen LogP contribution < -0.4 is 0 Å². The highest BCUT2D eigenvalue weighted by atomic mass is 28.5. The summed E-state index contributed by atoms with van der Waals surface area (Å²) in [5.74, 6) is 0. The van der Waals surface area contributed by atoms with E-state index in [1.807, 2.05) is 26.2 Å². The van der Waals surface area contributed by atoms with Gasteiger partial charge in [-0.15, -0.1) is 0 Å². The van der Waals surface area contributed by atoms with E-state index < -0.39 is 35.7 Å². The minimum atomic E-state index is -2.33. The fraction of sp³-hybridized carbons (Fsp3) is 1.00. The molecule has 15 heavy (non-hydrogen) atoms. The van der Waals surface area contributed by atoms with Crippen LogP contribution in [0.3, 0.4) is 0 Å². The molecule has 9 heteroatoms. The molecular weight excluding hydrogens is 264 g/mol. The molecule has 0 rings (SSSR count). The zero-order chi connectivity index (χ0) is 12.3. The van der Waals surface area contributed by atoms with Gasteiger partial charge in [-0.1, -0.05) is 0 Å². The van der Waals surface area contributed by atoms with Crippen LogP contribution >= 0.6 is 0 Å². The van der Waals surface area contributed by atoms with Gasteiger partial charge in [-0.25, -0.2) is 0 Å². The lowest BCUT2D eigenvalue weighted by Crippen LogP contribution is -2.52. The third kappa shape index (κ3) is 8.47. The molecule has 0 aliphatic rings. The summed E-state index contributed by atoms with van der Waals surface area (Å²) in [6, 6.07) is 0. The summed E-state index contributed by atoms with van der Waals surface area (Å²) in [5.41, 5.74) is 0. The Labute approximate surface area is 97.2 Å². The van der Waals surface area contributed by atoms with Gasteiger partial charge in [0.1, 0.15) is 0 Å². The first-order chi connectivity index (χ1) is 6.54. The second-order valence-corrected chi connectivity index (χ2v) is 14.3. The van der Waals surface area contributed by atoms with Gasteiger partial charge in [-0.05, 0) is 39.3 Å². The minimum absolute atomic E-state index is 1.65. The Hall–Kier alpha value is 0.668. The number of hydrogen-bond donors (Lipinski definition) is 2. The summed E-state index contributed by atoms with van der Waals surface area (Å²) in [6.07, 6.45) is 0. The summed E-state index contributed by atoms with van der Waals surface area (Å²) in [4.78, 5) is 18.5. The zero-order valence-corrected chi connectivity index (χ0v) is 14.1. The Balaban J connectivity index is 4.29.